The molecule has 4 nitrogen and oxygen atoms in total. The van der Waals surface area contributed by atoms with Gasteiger partial charge < -0.3 is 19.5 Å². The van der Waals surface area contributed by atoms with Crippen molar-refractivity contribution < 1.29 is 14.2 Å². The van der Waals surface area contributed by atoms with E-state index in [1.54, 1.807) is 0 Å². The third-order valence-electron chi connectivity index (χ3n) is 3.01. The molecule has 0 radical (unpaired) electrons. The number of nitrogens with one attached hydrogen (secondary N) is 1. The summed E-state index contributed by atoms with van der Waals surface area (Å²) >= 11 is 0. The van der Waals surface area contributed by atoms with E-state index in [4.69, 9.17) is 14.2 Å². The van der Waals surface area contributed by atoms with Crippen LogP contribution in [0.2, 0.25) is 0 Å². The summed E-state index contributed by atoms with van der Waals surface area (Å²) < 4.78 is 16.6. The molecule has 1 heterocycles. The SMILES string of the molecule is C1CCNCCOCCCCCOCCOCC1. The molecule has 1 aliphatic heterocycles. The average Bonchev–Trinajstić information content (AvgIpc) is 2.39. The van der Waals surface area contributed by atoms with Crippen LogP contribution in [-0.2, 0) is 14.2 Å². The second-order valence-electron chi connectivity index (χ2n) is 4.71. The molecule has 1 N–H and O–H groups in total. The van der Waals surface area contributed by atoms with E-state index in [0.29, 0.717) is 0 Å². The lowest BCUT2D eigenvalue weighted by Gasteiger charge is -2.08. The highest BCUT2D eigenvalue weighted by Gasteiger charge is 1.95. The van der Waals surface area contributed by atoms with Crippen LogP contribution in [0.5, 0.6) is 0 Å². The number of ether oxygens (including phenoxy) is 3. The average molecular weight is 259 g/mol. The molecule has 1 rings (SSSR count). The van der Waals surface area contributed by atoms with Crippen LogP contribution in [-0.4, -0.2) is 52.7 Å². The molecule has 108 valence electrons. The second-order valence-corrected chi connectivity index (χ2v) is 4.71. The van der Waals surface area contributed by atoms with Gasteiger partial charge in [0.25, 0.3) is 0 Å². The molecule has 0 aromatic heterocycles. The van der Waals surface area contributed by atoms with Gasteiger partial charge in [-0.15, -0.1) is 0 Å². The minimum atomic E-state index is 0.734. The molecule has 0 aliphatic carbocycles. The van der Waals surface area contributed by atoms with E-state index in [-0.39, 0.29) is 0 Å². The first-order valence-electron chi connectivity index (χ1n) is 7.44. The predicted octanol–water partition coefficient (Wildman–Crippen LogP) is 1.98. The third kappa shape index (κ3) is 11.0. The van der Waals surface area contributed by atoms with Gasteiger partial charge >= 0.3 is 0 Å². The van der Waals surface area contributed by atoms with Gasteiger partial charge in [-0.05, 0) is 45.1 Å². The fourth-order valence-electron chi connectivity index (χ4n) is 1.91. The van der Waals surface area contributed by atoms with E-state index in [1.807, 2.05) is 0 Å². The molecule has 18 heavy (non-hydrogen) atoms. The zero-order valence-electron chi connectivity index (χ0n) is 11.6. The Kier molecular flexibility index (Phi) is 11.7. The van der Waals surface area contributed by atoms with Gasteiger partial charge in [0.1, 0.15) is 0 Å². The van der Waals surface area contributed by atoms with Crippen molar-refractivity contribution in [1.29, 1.82) is 0 Å². The highest BCUT2D eigenvalue weighted by Crippen LogP contribution is 1.98. The molecule has 0 spiro atoms. The minimum Gasteiger partial charge on any atom is -0.380 e. The zero-order valence-corrected chi connectivity index (χ0v) is 11.6. The molecule has 0 aromatic carbocycles. The van der Waals surface area contributed by atoms with E-state index in [0.717, 1.165) is 72.0 Å². The molecule has 0 amide bonds. The van der Waals surface area contributed by atoms with Crippen molar-refractivity contribution >= 4 is 0 Å². The second kappa shape index (κ2) is 13.3. The Labute approximate surface area is 111 Å². The molecule has 0 saturated carbocycles. The van der Waals surface area contributed by atoms with Crippen LogP contribution in [0.25, 0.3) is 0 Å². The normalized spacial score (nSPS) is 24.0. The standard InChI is InChI=1S/C14H29NO3/c1-3-7-15-8-12-16-9-5-2-6-11-18-14-13-17-10-4-1/h15H,1-14H2. The number of hydrogen-bond donors (Lipinski definition) is 1. The van der Waals surface area contributed by atoms with E-state index >= 15 is 0 Å². The smallest absolute Gasteiger partial charge is 0.0700 e. The highest BCUT2D eigenvalue weighted by atomic mass is 16.5. The maximum atomic E-state index is 5.56. The Balaban J connectivity index is 2.00. The summed E-state index contributed by atoms with van der Waals surface area (Å²) in [7, 11) is 0. The lowest BCUT2D eigenvalue weighted by atomic mass is 10.2. The van der Waals surface area contributed by atoms with E-state index in [9.17, 15) is 0 Å². The predicted molar refractivity (Wildman–Crippen MR) is 73.0 cm³/mol. The van der Waals surface area contributed by atoms with Crippen LogP contribution in [0.3, 0.4) is 0 Å². The lowest BCUT2D eigenvalue weighted by Crippen LogP contribution is -2.21. The Morgan fingerprint density at radius 1 is 0.444 bits per heavy atom. The van der Waals surface area contributed by atoms with E-state index in [2.05, 4.69) is 5.32 Å². The van der Waals surface area contributed by atoms with Crippen LogP contribution < -0.4 is 5.32 Å². The summed E-state index contributed by atoms with van der Waals surface area (Å²) in [5, 5.41) is 3.40. The molecule has 1 aliphatic rings. The summed E-state index contributed by atoms with van der Waals surface area (Å²) in [6, 6.07) is 0. The van der Waals surface area contributed by atoms with Crippen LogP contribution in [0.15, 0.2) is 0 Å². The van der Waals surface area contributed by atoms with Gasteiger partial charge in [-0.25, -0.2) is 0 Å². The number of rotatable bonds is 0. The maximum Gasteiger partial charge on any atom is 0.0700 e. The topological polar surface area (TPSA) is 39.7 Å². The van der Waals surface area contributed by atoms with Gasteiger partial charge in [0.05, 0.1) is 19.8 Å². The van der Waals surface area contributed by atoms with Gasteiger partial charge in [0.2, 0.25) is 0 Å². The molecule has 0 atom stereocenters. The molecular formula is C14H29NO3. The Morgan fingerprint density at radius 2 is 1.00 bits per heavy atom. The molecule has 1 saturated heterocycles. The van der Waals surface area contributed by atoms with Gasteiger partial charge in [0, 0.05) is 26.4 Å². The fourth-order valence-corrected chi connectivity index (χ4v) is 1.91. The summed E-state index contributed by atoms with van der Waals surface area (Å²) in [5.41, 5.74) is 0. The molecule has 0 bridgehead atoms. The Morgan fingerprint density at radius 3 is 1.67 bits per heavy atom. The zero-order chi connectivity index (χ0) is 12.7. The van der Waals surface area contributed by atoms with Crippen molar-refractivity contribution in [3.63, 3.8) is 0 Å². The quantitative estimate of drug-likeness (QED) is 0.722. The van der Waals surface area contributed by atoms with Crippen molar-refractivity contribution in [3.8, 4) is 0 Å². The van der Waals surface area contributed by atoms with Gasteiger partial charge in [-0.1, -0.05) is 0 Å². The van der Waals surface area contributed by atoms with E-state index in [1.165, 1.54) is 19.3 Å². The van der Waals surface area contributed by atoms with Crippen LogP contribution in [0, 0.1) is 0 Å². The monoisotopic (exact) mass is 259 g/mol. The van der Waals surface area contributed by atoms with Gasteiger partial charge in [0.15, 0.2) is 0 Å². The summed E-state index contributed by atoms with van der Waals surface area (Å²) in [6.45, 7) is 6.97. The summed E-state index contributed by atoms with van der Waals surface area (Å²) in [4.78, 5) is 0. The van der Waals surface area contributed by atoms with Crippen molar-refractivity contribution in [3.05, 3.63) is 0 Å². The number of hydrogen-bond acceptors (Lipinski definition) is 4. The van der Waals surface area contributed by atoms with Crippen LogP contribution >= 0.6 is 0 Å². The minimum absolute atomic E-state index is 0.734. The van der Waals surface area contributed by atoms with Crippen molar-refractivity contribution in [2.75, 3.05) is 52.7 Å². The fraction of sp³-hybridized carbons (Fsp3) is 1.00. The Bertz CT molecular complexity index is 92.1. The molecular weight excluding hydrogens is 230 g/mol. The van der Waals surface area contributed by atoms with Crippen molar-refractivity contribution in [2.45, 2.75) is 38.5 Å². The third-order valence-corrected chi connectivity index (χ3v) is 3.01. The van der Waals surface area contributed by atoms with Crippen molar-refractivity contribution in [2.24, 2.45) is 0 Å². The largest absolute Gasteiger partial charge is 0.380 e. The first-order chi connectivity index (χ1) is 9.00. The molecule has 4 heteroatoms. The Hall–Kier alpha value is -0.160. The maximum absolute atomic E-state index is 5.56. The lowest BCUT2D eigenvalue weighted by molar-refractivity contribution is 0.0438. The molecule has 0 unspecified atom stereocenters. The summed E-state index contributed by atoms with van der Waals surface area (Å²) in [5.74, 6) is 0. The van der Waals surface area contributed by atoms with Gasteiger partial charge in [-0.2, -0.15) is 0 Å². The van der Waals surface area contributed by atoms with Gasteiger partial charge in [-0.3, -0.25) is 0 Å². The summed E-state index contributed by atoms with van der Waals surface area (Å²) in [6.07, 6.45) is 7.06. The first-order valence-corrected chi connectivity index (χ1v) is 7.44. The van der Waals surface area contributed by atoms with Crippen LogP contribution in [0.4, 0.5) is 0 Å². The van der Waals surface area contributed by atoms with Crippen molar-refractivity contribution in [1.82, 2.24) is 5.32 Å². The highest BCUT2D eigenvalue weighted by molar-refractivity contribution is 4.49. The van der Waals surface area contributed by atoms with E-state index < -0.39 is 0 Å². The van der Waals surface area contributed by atoms with Crippen LogP contribution in [0.1, 0.15) is 38.5 Å². The molecule has 1 fully saturated rings. The first kappa shape index (κ1) is 15.9. The molecule has 0 aromatic rings.